The average molecular weight is 257 g/mol. The molecule has 0 aliphatic rings. The van der Waals surface area contributed by atoms with Gasteiger partial charge >= 0.3 is 0 Å². The number of fused-ring (bicyclic) bond motifs is 2. The first kappa shape index (κ1) is 11.2. The fourth-order valence-corrected chi connectivity index (χ4v) is 3.07. The monoisotopic (exact) mass is 257 g/mol. The van der Waals surface area contributed by atoms with Gasteiger partial charge in [-0.15, -0.1) is 0 Å². The van der Waals surface area contributed by atoms with Gasteiger partial charge in [0.1, 0.15) is 4.90 Å². The molecule has 3 rings (SSSR count). The Bertz CT molecular complexity index is 797. The molecule has 0 spiro atoms. The van der Waals surface area contributed by atoms with Crippen molar-refractivity contribution in [1.82, 2.24) is 0 Å². The van der Waals surface area contributed by atoms with Gasteiger partial charge in [0.2, 0.25) is 0 Å². The summed E-state index contributed by atoms with van der Waals surface area (Å²) in [6, 6.07) is 17.0. The Morgan fingerprint density at radius 1 is 1.00 bits per heavy atom. The van der Waals surface area contributed by atoms with E-state index in [2.05, 4.69) is 6.07 Å². The van der Waals surface area contributed by atoms with E-state index < -0.39 is 10.1 Å². The predicted molar refractivity (Wildman–Crippen MR) is 70.1 cm³/mol. The van der Waals surface area contributed by atoms with Gasteiger partial charge in [-0.2, -0.15) is 8.42 Å². The Morgan fingerprint density at radius 2 is 1.72 bits per heavy atom. The van der Waals surface area contributed by atoms with Crippen LogP contribution < -0.4 is 0 Å². The van der Waals surface area contributed by atoms with Gasteiger partial charge in [-0.1, -0.05) is 42.5 Å². The molecule has 0 fully saturated rings. The third-order valence-electron chi connectivity index (χ3n) is 2.89. The minimum Gasteiger partial charge on any atom is -0.282 e. The largest absolute Gasteiger partial charge is 0.295 e. The third-order valence-corrected chi connectivity index (χ3v) is 3.83. The Labute approximate surface area is 104 Å². The lowest BCUT2D eigenvalue weighted by Crippen LogP contribution is -2.00. The molecule has 0 atom stereocenters. The second-order valence-corrected chi connectivity index (χ2v) is 5.39. The first-order chi connectivity index (χ1) is 8.57. The molecule has 0 heterocycles. The maximum atomic E-state index is 11.6. The minimum absolute atomic E-state index is 0.0730. The highest BCUT2D eigenvalue weighted by Crippen LogP contribution is 2.31. The Hall–Kier alpha value is -1.91. The number of rotatable bonds is 1. The van der Waals surface area contributed by atoms with Gasteiger partial charge in [0.15, 0.2) is 0 Å². The summed E-state index contributed by atoms with van der Waals surface area (Å²) < 4.78 is 32.6. The topological polar surface area (TPSA) is 54.4 Å². The van der Waals surface area contributed by atoms with Crippen molar-refractivity contribution in [3.8, 4) is 0 Å². The molecular weight excluding hydrogens is 248 g/mol. The van der Waals surface area contributed by atoms with Crippen molar-refractivity contribution in [2.24, 2.45) is 0 Å². The fourth-order valence-electron chi connectivity index (χ4n) is 2.17. The Kier molecular flexibility index (Phi) is 2.36. The van der Waals surface area contributed by atoms with Gasteiger partial charge in [-0.3, -0.25) is 4.55 Å². The summed E-state index contributed by atoms with van der Waals surface area (Å²) in [7, 11) is -4.29. The third kappa shape index (κ3) is 1.66. The second kappa shape index (κ2) is 3.80. The predicted octanol–water partition coefficient (Wildman–Crippen LogP) is 3.04. The van der Waals surface area contributed by atoms with Crippen molar-refractivity contribution in [3.05, 3.63) is 54.6 Å². The maximum absolute atomic E-state index is 11.6. The zero-order valence-electron chi connectivity index (χ0n) is 9.29. The zero-order chi connectivity index (χ0) is 12.8. The molecular formula is C14H9O3S. The highest BCUT2D eigenvalue weighted by Gasteiger charge is 2.18. The standard InChI is InChI=1S/C14H9O3S/c15-18(16,17)14-12-7-3-1-5-10(12)9-11-6-2-4-8-13(11)14/h1-7,9H,(H,15,16,17). The molecule has 0 bridgehead atoms. The summed E-state index contributed by atoms with van der Waals surface area (Å²) in [5.41, 5.74) is 0. The van der Waals surface area contributed by atoms with Crippen molar-refractivity contribution < 1.29 is 13.0 Å². The fraction of sp³-hybridized carbons (Fsp3) is 0. The van der Waals surface area contributed by atoms with Gasteiger partial charge in [0.25, 0.3) is 10.1 Å². The molecule has 1 radical (unpaired) electrons. The van der Waals surface area contributed by atoms with Gasteiger partial charge in [0.05, 0.1) is 0 Å². The molecule has 89 valence electrons. The van der Waals surface area contributed by atoms with E-state index in [0.717, 1.165) is 10.8 Å². The van der Waals surface area contributed by atoms with Crippen LogP contribution in [0.15, 0.2) is 53.4 Å². The van der Waals surface area contributed by atoms with Gasteiger partial charge < -0.3 is 0 Å². The molecule has 3 nitrogen and oxygen atoms in total. The first-order valence-electron chi connectivity index (χ1n) is 5.37. The molecule has 0 aliphatic heterocycles. The van der Waals surface area contributed by atoms with Crippen LogP contribution in [0.1, 0.15) is 0 Å². The smallest absolute Gasteiger partial charge is 0.282 e. The SMILES string of the molecule is O=S(=O)(O)c1c2[c]cccc2cc2ccccc12. The number of hydrogen-bond donors (Lipinski definition) is 1. The molecule has 0 aromatic heterocycles. The van der Waals surface area contributed by atoms with E-state index in [1.807, 2.05) is 18.2 Å². The van der Waals surface area contributed by atoms with Crippen LogP contribution in [-0.2, 0) is 10.1 Å². The second-order valence-electron chi connectivity index (χ2n) is 4.04. The van der Waals surface area contributed by atoms with Crippen LogP contribution in [0.4, 0.5) is 0 Å². The average Bonchev–Trinajstić information content (AvgIpc) is 2.34. The lowest BCUT2D eigenvalue weighted by molar-refractivity contribution is 0.485. The van der Waals surface area contributed by atoms with Crippen molar-refractivity contribution in [2.45, 2.75) is 4.90 Å². The Balaban J connectivity index is 2.67. The summed E-state index contributed by atoms with van der Waals surface area (Å²) in [5, 5.41) is 2.44. The first-order valence-corrected chi connectivity index (χ1v) is 6.81. The van der Waals surface area contributed by atoms with E-state index in [1.54, 1.807) is 30.3 Å². The van der Waals surface area contributed by atoms with E-state index in [0.29, 0.717) is 10.8 Å². The van der Waals surface area contributed by atoms with Crippen LogP contribution in [0.3, 0.4) is 0 Å². The van der Waals surface area contributed by atoms with Gasteiger partial charge in [0, 0.05) is 10.8 Å². The number of hydrogen-bond acceptors (Lipinski definition) is 2. The molecule has 0 aliphatic carbocycles. The molecule has 18 heavy (non-hydrogen) atoms. The molecule has 3 aromatic rings. The molecule has 0 amide bonds. The highest BCUT2D eigenvalue weighted by molar-refractivity contribution is 7.86. The normalized spacial score (nSPS) is 12.1. The lowest BCUT2D eigenvalue weighted by atomic mass is 10.0. The summed E-state index contributed by atoms with van der Waals surface area (Å²) in [4.78, 5) is -0.0730. The van der Waals surface area contributed by atoms with Crippen LogP contribution in [-0.4, -0.2) is 13.0 Å². The van der Waals surface area contributed by atoms with Crippen molar-refractivity contribution in [2.75, 3.05) is 0 Å². The molecule has 0 unspecified atom stereocenters. The maximum Gasteiger partial charge on any atom is 0.295 e. The van der Waals surface area contributed by atoms with Crippen LogP contribution >= 0.6 is 0 Å². The van der Waals surface area contributed by atoms with E-state index in [-0.39, 0.29) is 4.90 Å². The molecule has 4 heteroatoms. The number of benzene rings is 3. The molecule has 1 N–H and O–H groups in total. The molecule has 3 aromatic carbocycles. The van der Waals surface area contributed by atoms with Crippen LogP contribution in [0.25, 0.3) is 21.5 Å². The van der Waals surface area contributed by atoms with E-state index in [1.165, 1.54) is 0 Å². The minimum atomic E-state index is -4.29. The summed E-state index contributed by atoms with van der Waals surface area (Å²) in [6.45, 7) is 0. The molecule has 0 saturated heterocycles. The van der Waals surface area contributed by atoms with E-state index in [4.69, 9.17) is 0 Å². The van der Waals surface area contributed by atoms with Gasteiger partial charge in [-0.25, -0.2) is 0 Å². The molecule has 0 saturated carbocycles. The summed E-state index contributed by atoms with van der Waals surface area (Å²) in [6.07, 6.45) is 0. The van der Waals surface area contributed by atoms with Crippen LogP contribution in [0.2, 0.25) is 0 Å². The van der Waals surface area contributed by atoms with Crippen molar-refractivity contribution in [3.63, 3.8) is 0 Å². The van der Waals surface area contributed by atoms with Crippen molar-refractivity contribution in [1.29, 1.82) is 0 Å². The van der Waals surface area contributed by atoms with Crippen LogP contribution in [0.5, 0.6) is 0 Å². The summed E-state index contributed by atoms with van der Waals surface area (Å²) >= 11 is 0. The lowest BCUT2D eigenvalue weighted by Gasteiger charge is -2.08. The van der Waals surface area contributed by atoms with Gasteiger partial charge in [-0.05, 0) is 22.9 Å². The van der Waals surface area contributed by atoms with E-state index >= 15 is 0 Å². The summed E-state index contributed by atoms with van der Waals surface area (Å²) in [5.74, 6) is 0. The highest BCUT2D eigenvalue weighted by atomic mass is 32.2. The zero-order valence-corrected chi connectivity index (χ0v) is 10.1. The van der Waals surface area contributed by atoms with Crippen LogP contribution in [0, 0.1) is 6.07 Å². The Morgan fingerprint density at radius 3 is 2.50 bits per heavy atom. The van der Waals surface area contributed by atoms with E-state index in [9.17, 15) is 13.0 Å². The quantitative estimate of drug-likeness (QED) is 0.538. The van der Waals surface area contributed by atoms with Crippen molar-refractivity contribution >= 4 is 31.7 Å².